The maximum Gasteiger partial charge on any atom is 0.235 e. The van der Waals surface area contributed by atoms with Gasteiger partial charge in [-0.25, -0.2) is 8.42 Å². The molecule has 9 heteroatoms. The minimum atomic E-state index is -3.08. The second-order valence-electron chi connectivity index (χ2n) is 5.28. The van der Waals surface area contributed by atoms with Gasteiger partial charge in [0.1, 0.15) is 12.2 Å². The molecule has 0 radical (unpaired) electrons. The molecule has 1 atom stereocenters. The Bertz CT molecular complexity index is 667. The maximum atomic E-state index is 12.2. The quantitative estimate of drug-likeness (QED) is 0.781. The van der Waals surface area contributed by atoms with Crippen molar-refractivity contribution in [3.05, 3.63) is 11.8 Å². The molecule has 1 aromatic heterocycles. The zero-order valence-electron chi connectivity index (χ0n) is 12.5. The molecule has 1 unspecified atom stereocenters. The standard InChI is InChI=1S/C13H19N3O5S/c1-3-16(10-4-5-22(19,20)8-10)13(18)7-12(17)14-11-6-9(2)21-15-11/h6,10H,3-5,7-8H2,1-2H3,(H,14,15,17). The van der Waals surface area contributed by atoms with Crippen molar-refractivity contribution in [2.24, 2.45) is 0 Å². The van der Waals surface area contributed by atoms with E-state index in [-0.39, 0.29) is 35.7 Å². The summed E-state index contributed by atoms with van der Waals surface area (Å²) in [5, 5.41) is 6.08. The van der Waals surface area contributed by atoms with Crippen LogP contribution < -0.4 is 5.32 Å². The molecule has 1 fully saturated rings. The fourth-order valence-corrected chi connectivity index (χ4v) is 4.24. The van der Waals surface area contributed by atoms with Crippen molar-refractivity contribution < 1.29 is 22.5 Å². The molecule has 1 aromatic rings. The molecule has 1 aliphatic rings. The maximum absolute atomic E-state index is 12.2. The van der Waals surface area contributed by atoms with Crippen molar-refractivity contribution in [1.82, 2.24) is 10.1 Å². The molecule has 1 aliphatic heterocycles. The van der Waals surface area contributed by atoms with Gasteiger partial charge in [-0.05, 0) is 20.3 Å². The minimum Gasteiger partial charge on any atom is -0.360 e. The Labute approximate surface area is 128 Å². The molecule has 0 aromatic carbocycles. The summed E-state index contributed by atoms with van der Waals surface area (Å²) >= 11 is 0. The molecule has 1 saturated heterocycles. The third kappa shape index (κ3) is 4.06. The van der Waals surface area contributed by atoms with Gasteiger partial charge in [0.2, 0.25) is 11.8 Å². The van der Waals surface area contributed by atoms with Crippen molar-refractivity contribution in [3.63, 3.8) is 0 Å². The molecule has 2 heterocycles. The number of nitrogens with zero attached hydrogens (tertiary/aromatic N) is 2. The average Bonchev–Trinajstić information content (AvgIpc) is 2.96. The summed E-state index contributed by atoms with van der Waals surface area (Å²) in [6.07, 6.45) is 0.0717. The van der Waals surface area contributed by atoms with Gasteiger partial charge in [-0.3, -0.25) is 9.59 Å². The number of carbonyl (C=O) groups is 2. The van der Waals surface area contributed by atoms with E-state index in [1.54, 1.807) is 19.9 Å². The van der Waals surface area contributed by atoms with E-state index in [0.717, 1.165) is 0 Å². The number of aromatic nitrogens is 1. The molecule has 1 N–H and O–H groups in total. The lowest BCUT2D eigenvalue weighted by atomic mass is 10.2. The number of aryl methyl sites for hydroxylation is 1. The van der Waals surface area contributed by atoms with Crippen molar-refractivity contribution in [1.29, 1.82) is 0 Å². The lowest BCUT2D eigenvalue weighted by Gasteiger charge is -2.26. The van der Waals surface area contributed by atoms with Gasteiger partial charge in [0.15, 0.2) is 15.7 Å². The van der Waals surface area contributed by atoms with Crippen LogP contribution in [0.15, 0.2) is 10.6 Å². The second-order valence-corrected chi connectivity index (χ2v) is 7.51. The van der Waals surface area contributed by atoms with Crippen LogP contribution in [0.2, 0.25) is 0 Å². The molecule has 0 saturated carbocycles. The first kappa shape index (κ1) is 16.5. The van der Waals surface area contributed by atoms with E-state index in [4.69, 9.17) is 4.52 Å². The molecule has 0 spiro atoms. The summed E-state index contributed by atoms with van der Waals surface area (Å²) in [6, 6.07) is 1.20. The van der Waals surface area contributed by atoms with Crippen molar-refractivity contribution in [2.45, 2.75) is 32.7 Å². The summed E-state index contributed by atoms with van der Waals surface area (Å²) in [4.78, 5) is 25.5. The fourth-order valence-electron chi connectivity index (χ4n) is 2.51. The van der Waals surface area contributed by atoms with Crippen molar-refractivity contribution in [3.8, 4) is 0 Å². The van der Waals surface area contributed by atoms with E-state index in [1.165, 1.54) is 4.90 Å². The summed E-state index contributed by atoms with van der Waals surface area (Å²) in [6.45, 7) is 3.82. The summed E-state index contributed by atoms with van der Waals surface area (Å²) in [5.41, 5.74) is 0. The second kappa shape index (κ2) is 6.47. The Balaban J connectivity index is 1.93. The van der Waals surface area contributed by atoms with Gasteiger partial charge in [0.25, 0.3) is 0 Å². The predicted molar refractivity (Wildman–Crippen MR) is 78.9 cm³/mol. The Morgan fingerprint density at radius 2 is 2.23 bits per heavy atom. The fraction of sp³-hybridized carbons (Fsp3) is 0.615. The first-order chi connectivity index (χ1) is 10.3. The third-order valence-corrected chi connectivity index (χ3v) is 5.27. The normalized spacial score (nSPS) is 19.8. The number of sulfone groups is 1. The molecule has 122 valence electrons. The first-order valence-corrected chi connectivity index (χ1v) is 8.86. The Morgan fingerprint density at radius 1 is 1.50 bits per heavy atom. The molecule has 0 bridgehead atoms. The Hall–Kier alpha value is -1.90. The molecular weight excluding hydrogens is 310 g/mol. The molecular formula is C13H19N3O5S. The smallest absolute Gasteiger partial charge is 0.235 e. The van der Waals surface area contributed by atoms with Gasteiger partial charge >= 0.3 is 0 Å². The van der Waals surface area contributed by atoms with Crippen LogP contribution in [-0.2, 0) is 19.4 Å². The SMILES string of the molecule is CCN(C(=O)CC(=O)Nc1cc(C)on1)C1CCS(=O)(=O)C1. The van der Waals surface area contributed by atoms with Gasteiger partial charge in [-0.1, -0.05) is 5.16 Å². The number of hydrogen-bond acceptors (Lipinski definition) is 6. The van der Waals surface area contributed by atoms with Gasteiger partial charge in [0, 0.05) is 18.7 Å². The van der Waals surface area contributed by atoms with E-state index >= 15 is 0 Å². The highest BCUT2D eigenvalue weighted by Crippen LogP contribution is 2.18. The number of anilines is 1. The number of nitrogens with one attached hydrogen (secondary N) is 1. The first-order valence-electron chi connectivity index (χ1n) is 7.04. The Kier molecular flexibility index (Phi) is 4.84. The average molecular weight is 329 g/mol. The van der Waals surface area contributed by atoms with Crippen LogP contribution in [0, 0.1) is 6.92 Å². The van der Waals surface area contributed by atoms with Crippen LogP contribution in [-0.4, -0.2) is 54.4 Å². The lowest BCUT2D eigenvalue weighted by Crippen LogP contribution is -2.42. The highest BCUT2D eigenvalue weighted by molar-refractivity contribution is 7.91. The van der Waals surface area contributed by atoms with E-state index in [1.807, 2.05) is 0 Å². The zero-order valence-corrected chi connectivity index (χ0v) is 13.4. The van der Waals surface area contributed by atoms with Gasteiger partial charge < -0.3 is 14.7 Å². The highest BCUT2D eigenvalue weighted by Gasteiger charge is 2.34. The molecule has 2 amide bonds. The lowest BCUT2D eigenvalue weighted by molar-refractivity contribution is -0.135. The van der Waals surface area contributed by atoms with E-state index < -0.39 is 15.7 Å². The summed E-state index contributed by atoms with van der Waals surface area (Å²) < 4.78 is 27.8. The van der Waals surface area contributed by atoms with E-state index in [0.29, 0.717) is 18.7 Å². The zero-order chi connectivity index (χ0) is 16.3. The predicted octanol–water partition coefficient (Wildman–Crippen LogP) is 0.347. The number of amides is 2. The molecule has 8 nitrogen and oxygen atoms in total. The van der Waals surface area contributed by atoms with Gasteiger partial charge in [-0.2, -0.15) is 0 Å². The van der Waals surface area contributed by atoms with Crippen LogP contribution in [0.3, 0.4) is 0 Å². The van der Waals surface area contributed by atoms with Crippen LogP contribution in [0.4, 0.5) is 5.82 Å². The number of rotatable bonds is 5. The molecule has 2 rings (SSSR count). The minimum absolute atomic E-state index is 0.0311. The number of carbonyl (C=O) groups excluding carboxylic acids is 2. The van der Waals surface area contributed by atoms with Gasteiger partial charge in [-0.15, -0.1) is 0 Å². The third-order valence-electron chi connectivity index (χ3n) is 3.52. The topological polar surface area (TPSA) is 110 Å². The van der Waals surface area contributed by atoms with E-state index in [2.05, 4.69) is 10.5 Å². The van der Waals surface area contributed by atoms with Gasteiger partial charge in [0.05, 0.1) is 11.5 Å². The van der Waals surface area contributed by atoms with Crippen LogP contribution in [0.1, 0.15) is 25.5 Å². The largest absolute Gasteiger partial charge is 0.360 e. The van der Waals surface area contributed by atoms with Crippen LogP contribution in [0.25, 0.3) is 0 Å². The Morgan fingerprint density at radius 3 is 2.73 bits per heavy atom. The number of hydrogen-bond donors (Lipinski definition) is 1. The van der Waals surface area contributed by atoms with Crippen molar-refractivity contribution in [2.75, 3.05) is 23.4 Å². The van der Waals surface area contributed by atoms with Crippen LogP contribution in [0.5, 0.6) is 0 Å². The molecule has 0 aliphatic carbocycles. The summed E-state index contributed by atoms with van der Waals surface area (Å²) in [7, 11) is -3.08. The monoisotopic (exact) mass is 329 g/mol. The highest BCUT2D eigenvalue weighted by atomic mass is 32.2. The van der Waals surface area contributed by atoms with Crippen molar-refractivity contribution >= 4 is 27.5 Å². The van der Waals surface area contributed by atoms with Crippen LogP contribution >= 0.6 is 0 Å². The van der Waals surface area contributed by atoms with E-state index in [9.17, 15) is 18.0 Å². The summed E-state index contributed by atoms with van der Waals surface area (Å²) in [5.74, 6) is -0.0302. The molecule has 22 heavy (non-hydrogen) atoms.